The van der Waals surface area contributed by atoms with E-state index in [0.717, 1.165) is 28.3 Å². The molecule has 0 saturated carbocycles. The zero-order valence-corrected chi connectivity index (χ0v) is 12.4. The second kappa shape index (κ2) is 6.03. The fourth-order valence-electron chi connectivity index (χ4n) is 1.97. The van der Waals surface area contributed by atoms with Crippen LogP contribution in [0.5, 0.6) is 10.9 Å². The van der Waals surface area contributed by atoms with Crippen molar-refractivity contribution in [2.45, 2.75) is 13.5 Å². The molecule has 1 heterocycles. The molecular weight excluding hydrogens is 282 g/mol. The van der Waals surface area contributed by atoms with E-state index in [0.29, 0.717) is 11.7 Å². The summed E-state index contributed by atoms with van der Waals surface area (Å²) in [6.45, 7) is 2.41. The van der Waals surface area contributed by atoms with Gasteiger partial charge in [0.05, 0.1) is 0 Å². The number of aryl methyl sites for hydroxylation is 1. The average molecular weight is 297 g/mol. The van der Waals surface area contributed by atoms with Crippen molar-refractivity contribution >= 4 is 11.5 Å². The molecule has 0 aliphatic rings. The summed E-state index contributed by atoms with van der Waals surface area (Å²) in [6.07, 6.45) is 0. The van der Waals surface area contributed by atoms with Crippen LogP contribution < -0.4 is 10.5 Å². The van der Waals surface area contributed by atoms with Gasteiger partial charge in [0.1, 0.15) is 11.6 Å². The molecule has 0 atom stereocenters. The highest BCUT2D eigenvalue weighted by molar-refractivity contribution is 7.07. The molecule has 1 aromatic heterocycles. The molecule has 106 valence electrons. The van der Waals surface area contributed by atoms with Gasteiger partial charge in [-0.1, -0.05) is 36.4 Å². The van der Waals surface area contributed by atoms with Crippen molar-refractivity contribution in [3.05, 3.63) is 59.9 Å². The third-order valence-corrected chi connectivity index (χ3v) is 3.78. The smallest absolute Gasteiger partial charge is 0.298 e. The highest BCUT2D eigenvalue weighted by atomic mass is 32.1. The molecule has 21 heavy (non-hydrogen) atoms. The molecule has 2 N–H and O–H groups in total. The number of nitrogens with two attached hydrogens (primary N) is 1. The maximum absolute atomic E-state index is 5.65. The van der Waals surface area contributed by atoms with Gasteiger partial charge >= 0.3 is 0 Å². The van der Waals surface area contributed by atoms with Crippen LogP contribution in [-0.2, 0) is 6.54 Å². The van der Waals surface area contributed by atoms with Gasteiger partial charge in [-0.2, -0.15) is 9.36 Å². The van der Waals surface area contributed by atoms with E-state index in [4.69, 9.17) is 10.5 Å². The van der Waals surface area contributed by atoms with Crippen LogP contribution in [0.25, 0.3) is 11.1 Å². The number of hydrogen-bond acceptors (Lipinski definition) is 5. The molecule has 3 aromatic rings. The van der Waals surface area contributed by atoms with E-state index in [1.807, 2.05) is 43.3 Å². The lowest BCUT2D eigenvalue weighted by Crippen LogP contribution is -1.95. The van der Waals surface area contributed by atoms with Gasteiger partial charge in [0, 0.05) is 18.1 Å². The van der Waals surface area contributed by atoms with Crippen molar-refractivity contribution in [2.75, 3.05) is 0 Å². The molecule has 5 heteroatoms. The number of aromatic nitrogens is 2. The lowest BCUT2D eigenvalue weighted by atomic mass is 10.0. The standard InChI is InChI=1S/C16H15N3OS/c1-11-18-16(21-19-11)20-15-8-6-14(7-9-15)13-4-2-12(10-17)3-5-13/h2-9H,10,17H2,1H3. The van der Waals surface area contributed by atoms with Gasteiger partial charge in [-0.25, -0.2) is 0 Å². The topological polar surface area (TPSA) is 61.0 Å². The Morgan fingerprint density at radius 2 is 1.62 bits per heavy atom. The van der Waals surface area contributed by atoms with Crippen LogP contribution in [0.4, 0.5) is 0 Å². The predicted molar refractivity (Wildman–Crippen MR) is 84.5 cm³/mol. The Kier molecular flexibility index (Phi) is 3.94. The molecule has 0 fully saturated rings. The van der Waals surface area contributed by atoms with Crippen molar-refractivity contribution in [3.63, 3.8) is 0 Å². The summed E-state index contributed by atoms with van der Waals surface area (Å²) in [5, 5.41) is 0.563. The number of nitrogens with zero attached hydrogens (tertiary/aromatic N) is 2. The largest absolute Gasteiger partial charge is 0.430 e. The maximum atomic E-state index is 5.65. The Hall–Kier alpha value is -2.24. The van der Waals surface area contributed by atoms with Crippen molar-refractivity contribution in [1.29, 1.82) is 0 Å². The predicted octanol–water partition coefficient (Wildman–Crippen LogP) is 3.76. The van der Waals surface area contributed by atoms with Crippen LogP contribution in [0.2, 0.25) is 0 Å². The first-order valence-corrected chi connectivity index (χ1v) is 7.39. The monoisotopic (exact) mass is 297 g/mol. The van der Waals surface area contributed by atoms with Crippen LogP contribution in [0.15, 0.2) is 48.5 Å². The second-order valence-electron chi connectivity index (χ2n) is 4.63. The lowest BCUT2D eigenvalue weighted by Gasteiger charge is -2.05. The molecule has 2 aromatic carbocycles. The first kappa shape index (κ1) is 13.7. The molecule has 3 rings (SSSR count). The first-order chi connectivity index (χ1) is 10.2. The van der Waals surface area contributed by atoms with Gasteiger partial charge in [0.25, 0.3) is 5.19 Å². The lowest BCUT2D eigenvalue weighted by molar-refractivity contribution is 0.478. The van der Waals surface area contributed by atoms with E-state index in [1.54, 1.807) is 0 Å². The summed E-state index contributed by atoms with van der Waals surface area (Å²) < 4.78 is 9.74. The summed E-state index contributed by atoms with van der Waals surface area (Å²) in [5.74, 6) is 1.49. The van der Waals surface area contributed by atoms with E-state index in [-0.39, 0.29) is 0 Å². The van der Waals surface area contributed by atoms with Gasteiger partial charge in [0.2, 0.25) is 0 Å². The zero-order chi connectivity index (χ0) is 14.7. The highest BCUT2D eigenvalue weighted by Crippen LogP contribution is 2.26. The molecule has 0 bridgehead atoms. The summed E-state index contributed by atoms with van der Waals surface area (Å²) in [5.41, 5.74) is 9.03. The quantitative estimate of drug-likeness (QED) is 0.796. The number of rotatable bonds is 4. The van der Waals surface area contributed by atoms with Crippen LogP contribution >= 0.6 is 11.5 Å². The van der Waals surface area contributed by atoms with Crippen molar-refractivity contribution < 1.29 is 4.74 Å². The Morgan fingerprint density at radius 1 is 1.00 bits per heavy atom. The molecule has 0 aliphatic heterocycles. The molecule has 0 spiro atoms. The van der Waals surface area contributed by atoms with Crippen molar-refractivity contribution in [2.24, 2.45) is 5.73 Å². The minimum atomic E-state index is 0.563. The van der Waals surface area contributed by atoms with Gasteiger partial charge in [-0.15, -0.1) is 0 Å². The van der Waals surface area contributed by atoms with Crippen LogP contribution in [0, 0.1) is 6.92 Å². The highest BCUT2D eigenvalue weighted by Gasteiger charge is 2.04. The van der Waals surface area contributed by atoms with Crippen molar-refractivity contribution in [1.82, 2.24) is 9.36 Å². The Bertz CT molecular complexity index is 720. The Balaban J connectivity index is 1.76. The number of ether oxygens (including phenoxy) is 1. The average Bonchev–Trinajstić information content (AvgIpc) is 2.93. The molecular formula is C16H15N3OS. The summed E-state index contributed by atoms with van der Waals surface area (Å²) >= 11 is 1.25. The summed E-state index contributed by atoms with van der Waals surface area (Å²) in [6, 6.07) is 16.2. The van der Waals surface area contributed by atoms with Gasteiger partial charge in [-0.3, -0.25) is 0 Å². The van der Waals surface area contributed by atoms with Crippen molar-refractivity contribution in [3.8, 4) is 22.1 Å². The Morgan fingerprint density at radius 3 is 2.14 bits per heavy atom. The number of benzene rings is 2. The van der Waals surface area contributed by atoms with E-state index in [1.165, 1.54) is 11.5 Å². The third-order valence-electron chi connectivity index (χ3n) is 3.09. The van der Waals surface area contributed by atoms with Crippen LogP contribution in [-0.4, -0.2) is 9.36 Å². The molecule has 0 radical (unpaired) electrons. The van der Waals surface area contributed by atoms with Gasteiger partial charge in [0.15, 0.2) is 0 Å². The maximum Gasteiger partial charge on any atom is 0.298 e. The van der Waals surface area contributed by atoms with E-state index < -0.39 is 0 Å². The molecule has 0 unspecified atom stereocenters. The minimum Gasteiger partial charge on any atom is -0.430 e. The van der Waals surface area contributed by atoms with Crippen LogP contribution in [0.3, 0.4) is 0 Å². The molecule has 0 saturated heterocycles. The molecule has 0 aliphatic carbocycles. The minimum absolute atomic E-state index is 0.563. The van der Waals surface area contributed by atoms with E-state index in [2.05, 4.69) is 21.5 Å². The zero-order valence-electron chi connectivity index (χ0n) is 11.6. The van der Waals surface area contributed by atoms with Gasteiger partial charge < -0.3 is 10.5 Å². The molecule has 4 nitrogen and oxygen atoms in total. The fourth-order valence-corrected chi connectivity index (χ4v) is 2.53. The summed E-state index contributed by atoms with van der Waals surface area (Å²) in [7, 11) is 0. The van der Waals surface area contributed by atoms with Crippen LogP contribution in [0.1, 0.15) is 11.4 Å². The Labute approximate surface area is 127 Å². The second-order valence-corrected chi connectivity index (χ2v) is 5.35. The SMILES string of the molecule is Cc1nsc(Oc2ccc(-c3ccc(CN)cc3)cc2)n1. The third kappa shape index (κ3) is 3.26. The number of hydrogen-bond donors (Lipinski definition) is 1. The van der Waals surface area contributed by atoms with E-state index >= 15 is 0 Å². The normalized spacial score (nSPS) is 10.6. The molecule has 0 amide bonds. The van der Waals surface area contributed by atoms with Gasteiger partial charge in [-0.05, 0) is 35.7 Å². The fraction of sp³-hybridized carbons (Fsp3) is 0.125. The summed E-state index contributed by atoms with van der Waals surface area (Å²) in [4.78, 5) is 4.18. The first-order valence-electron chi connectivity index (χ1n) is 6.62. The van der Waals surface area contributed by atoms with E-state index in [9.17, 15) is 0 Å².